The number of carbonyl (C=O) groups excluding carboxylic acids is 1. The van der Waals surface area contributed by atoms with Gasteiger partial charge >= 0.3 is 0 Å². The van der Waals surface area contributed by atoms with Gasteiger partial charge in [0.25, 0.3) is 0 Å². The van der Waals surface area contributed by atoms with Crippen molar-refractivity contribution in [1.82, 2.24) is 9.97 Å². The number of hydrogen-bond acceptors (Lipinski definition) is 5. The molecule has 3 aromatic rings. The summed E-state index contributed by atoms with van der Waals surface area (Å²) in [5, 5.41) is 9.36. The molecule has 0 spiro atoms. The summed E-state index contributed by atoms with van der Waals surface area (Å²) in [4.78, 5) is 19.7. The average molecular weight is 361 g/mol. The molecule has 3 rings (SSSR count). The monoisotopic (exact) mass is 361 g/mol. The second kappa shape index (κ2) is 8.31. The molecule has 6 heteroatoms. The molecule has 0 bridgehead atoms. The molecular weight excluding hydrogens is 338 g/mol. The number of nitrogens with one attached hydrogen (secondary N) is 3. The molecule has 3 N–H and O–H groups in total. The Morgan fingerprint density at radius 3 is 2.19 bits per heavy atom. The predicted molar refractivity (Wildman–Crippen MR) is 110 cm³/mol. The van der Waals surface area contributed by atoms with Crippen molar-refractivity contribution >= 4 is 34.6 Å². The highest BCUT2D eigenvalue weighted by Crippen LogP contribution is 2.27. The maximum atomic E-state index is 11.1. The summed E-state index contributed by atoms with van der Waals surface area (Å²) in [5.74, 6) is 1.72. The summed E-state index contributed by atoms with van der Waals surface area (Å²) in [6, 6.07) is 17.5. The summed E-state index contributed by atoms with van der Waals surface area (Å²) >= 11 is 0. The number of anilines is 5. The van der Waals surface area contributed by atoms with Crippen LogP contribution >= 0.6 is 0 Å². The maximum Gasteiger partial charge on any atom is 0.221 e. The zero-order chi connectivity index (χ0) is 19.2. The lowest BCUT2D eigenvalue weighted by Gasteiger charge is -2.14. The molecule has 0 saturated carbocycles. The van der Waals surface area contributed by atoms with Crippen molar-refractivity contribution < 1.29 is 4.79 Å². The van der Waals surface area contributed by atoms with E-state index in [0.29, 0.717) is 11.7 Å². The molecule has 0 radical (unpaired) electrons. The fourth-order valence-corrected chi connectivity index (χ4v) is 2.73. The molecule has 0 aliphatic heterocycles. The summed E-state index contributed by atoms with van der Waals surface area (Å²) in [6.45, 7) is 5.81. The number of para-hydroxylation sites is 1. The molecule has 1 aromatic heterocycles. The van der Waals surface area contributed by atoms with Crippen LogP contribution in [-0.2, 0) is 4.79 Å². The van der Waals surface area contributed by atoms with E-state index in [4.69, 9.17) is 0 Å². The summed E-state index contributed by atoms with van der Waals surface area (Å²) < 4.78 is 0. The molecule has 0 aliphatic rings. The Bertz CT molecular complexity index is 922. The van der Waals surface area contributed by atoms with Gasteiger partial charge in [-0.25, -0.2) is 9.97 Å². The lowest BCUT2D eigenvalue weighted by Crippen LogP contribution is -2.05. The van der Waals surface area contributed by atoms with E-state index in [9.17, 15) is 4.79 Å². The van der Waals surface area contributed by atoms with Crippen LogP contribution in [0.3, 0.4) is 0 Å². The fraction of sp³-hybridized carbons (Fsp3) is 0.190. The summed E-state index contributed by atoms with van der Waals surface area (Å²) in [7, 11) is 0. The Labute approximate surface area is 159 Å². The Hall–Kier alpha value is -3.41. The van der Waals surface area contributed by atoms with Crippen molar-refractivity contribution in [2.75, 3.05) is 16.0 Å². The van der Waals surface area contributed by atoms with Gasteiger partial charge in [0.05, 0.1) is 0 Å². The van der Waals surface area contributed by atoms with Crippen molar-refractivity contribution in [3.05, 3.63) is 66.5 Å². The zero-order valence-electron chi connectivity index (χ0n) is 15.7. The van der Waals surface area contributed by atoms with Crippen molar-refractivity contribution in [3.63, 3.8) is 0 Å². The van der Waals surface area contributed by atoms with E-state index >= 15 is 0 Å². The lowest BCUT2D eigenvalue weighted by molar-refractivity contribution is -0.114. The Morgan fingerprint density at radius 1 is 0.889 bits per heavy atom. The van der Waals surface area contributed by atoms with Crippen LogP contribution in [0.5, 0.6) is 0 Å². The van der Waals surface area contributed by atoms with Gasteiger partial charge in [-0.15, -0.1) is 0 Å². The van der Waals surface area contributed by atoms with Gasteiger partial charge in [0, 0.05) is 30.1 Å². The van der Waals surface area contributed by atoms with Gasteiger partial charge in [-0.05, 0) is 41.8 Å². The first-order chi connectivity index (χ1) is 13.0. The van der Waals surface area contributed by atoms with Crippen molar-refractivity contribution in [3.8, 4) is 0 Å². The number of benzene rings is 2. The van der Waals surface area contributed by atoms with Crippen LogP contribution in [0.2, 0.25) is 0 Å². The number of aromatic nitrogens is 2. The number of carbonyl (C=O) groups is 1. The lowest BCUT2D eigenvalue weighted by atomic mass is 10.0. The van der Waals surface area contributed by atoms with Crippen LogP contribution in [0.15, 0.2) is 60.9 Å². The smallest absolute Gasteiger partial charge is 0.221 e. The van der Waals surface area contributed by atoms with E-state index in [1.165, 1.54) is 18.8 Å². The maximum absolute atomic E-state index is 11.1. The molecule has 2 aromatic carbocycles. The van der Waals surface area contributed by atoms with Crippen LogP contribution in [-0.4, -0.2) is 15.9 Å². The SMILES string of the molecule is CC(=O)Nc1ccc(Nc2cc(Nc3ccccc3C(C)C)ncn2)cc1. The molecular formula is C21H23N5O. The molecule has 1 amide bonds. The molecule has 0 unspecified atom stereocenters. The largest absolute Gasteiger partial charge is 0.340 e. The first-order valence-electron chi connectivity index (χ1n) is 8.84. The second-order valence-corrected chi connectivity index (χ2v) is 6.54. The van der Waals surface area contributed by atoms with E-state index in [1.54, 1.807) is 0 Å². The third-order valence-corrected chi connectivity index (χ3v) is 3.99. The number of rotatable bonds is 6. The quantitative estimate of drug-likeness (QED) is 0.573. The van der Waals surface area contributed by atoms with Crippen molar-refractivity contribution in [2.24, 2.45) is 0 Å². The van der Waals surface area contributed by atoms with E-state index in [1.807, 2.05) is 48.5 Å². The zero-order valence-corrected chi connectivity index (χ0v) is 15.7. The third-order valence-electron chi connectivity index (χ3n) is 3.99. The molecule has 6 nitrogen and oxygen atoms in total. The molecule has 0 fully saturated rings. The highest BCUT2D eigenvalue weighted by molar-refractivity contribution is 5.88. The van der Waals surface area contributed by atoms with Crippen LogP contribution in [0.25, 0.3) is 0 Å². The molecule has 0 aliphatic carbocycles. The Morgan fingerprint density at radius 2 is 1.52 bits per heavy atom. The van der Waals surface area contributed by atoms with E-state index in [0.717, 1.165) is 22.9 Å². The van der Waals surface area contributed by atoms with Gasteiger partial charge in [-0.3, -0.25) is 4.79 Å². The number of nitrogens with zero attached hydrogens (tertiary/aromatic N) is 2. The van der Waals surface area contributed by atoms with E-state index < -0.39 is 0 Å². The summed E-state index contributed by atoms with van der Waals surface area (Å²) in [5.41, 5.74) is 3.90. The standard InChI is InChI=1S/C21H23N5O/c1-14(2)18-6-4-5-7-19(18)26-21-12-20(22-13-23-21)25-17-10-8-16(9-11-17)24-15(3)27/h4-14H,1-3H3,(H,24,27)(H2,22,23,25,26). The topological polar surface area (TPSA) is 78.9 Å². The van der Waals surface area contributed by atoms with Gasteiger partial charge in [0.2, 0.25) is 5.91 Å². The van der Waals surface area contributed by atoms with Crippen LogP contribution < -0.4 is 16.0 Å². The van der Waals surface area contributed by atoms with Gasteiger partial charge in [-0.1, -0.05) is 32.0 Å². The summed E-state index contributed by atoms with van der Waals surface area (Å²) in [6.07, 6.45) is 1.52. The normalized spacial score (nSPS) is 10.5. The van der Waals surface area contributed by atoms with Gasteiger partial charge in [-0.2, -0.15) is 0 Å². The minimum absolute atomic E-state index is 0.0936. The molecule has 27 heavy (non-hydrogen) atoms. The Kier molecular flexibility index (Phi) is 5.66. The number of amides is 1. The van der Waals surface area contributed by atoms with Crippen LogP contribution in [0, 0.1) is 0 Å². The van der Waals surface area contributed by atoms with Gasteiger partial charge in [0.15, 0.2) is 0 Å². The van der Waals surface area contributed by atoms with Gasteiger partial charge in [0.1, 0.15) is 18.0 Å². The first-order valence-corrected chi connectivity index (χ1v) is 8.84. The first kappa shape index (κ1) is 18.4. The highest BCUT2D eigenvalue weighted by Gasteiger charge is 2.07. The van der Waals surface area contributed by atoms with Crippen LogP contribution in [0.4, 0.5) is 28.7 Å². The Balaban J connectivity index is 1.73. The predicted octanol–water partition coefficient (Wildman–Crippen LogP) is 5.05. The van der Waals surface area contributed by atoms with Crippen molar-refractivity contribution in [2.45, 2.75) is 26.7 Å². The molecule has 0 atom stereocenters. The molecule has 138 valence electrons. The second-order valence-electron chi connectivity index (χ2n) is 6.54. The van der Waals surface area contributed by atoms with Crippen LogP contribution in [0.1, 0.15) is 32.3 Å². The highest BCUT2D eigenvalue weighted by atomic mass is 16.1. The van der Waals surface area contributed by atoms with E-state index in [2.05, 4.69) is 45.8 Å². The van der Waals surface area contributed by atoms with Crippen molar-refractivity contribution in [1.29, 1.82) is 0 Å². The molecule has 0 saturated heterocycles. The fourth-order valence-electron chi connectivity index (χ4n) is 2.73. The van der Waals surface area contributed by atoms with E-state index in [-0.39, 0.29) is 5.91 Å². The minimum atomic E-state index is -0.0936. The third kappa shape index (κ3) is 5.04. The molecule has 1 heterocycles. The number of hydrogen-bond donors (Lipinski definition) is 3. The minimum Gasteiger partial charge on any atom is -0.340 e. The van der Waals surface area contributed by atoms with Gasteiger partial charge < -0.3 is 16.0 Å². The average Bonchev–Trinajstić information content (AvgIpc) is 2.63.